The number of piperidine rings is 1. The average Bonchev–Trinajstić information content (AvgIpc) is 2.68. The van der Waals surface area contributed by atoms with E-state index < -0.39 is 0 Å². The van der Waals surface area contributed by atoms with Crippen LogP contribution in [0.15, 0.2) is 48.5 Å². The van der Waals surface area contributed by atoms with E-state index in [2.05, 4.69) is 45.9 Å². The first-order valence-corrected chi connectivity index (χ1v) is 9.64. The molecule has 0 aliphatic carbocycles. The molecule has 4 rings (SSSR count). The molecular formula is C22H25N3O2. The summed E-state index contributed by atoms with van der Waals surface area (Å²) in [6.45, 7) is 2.89. The minimum atomic E-state index is -0.195. The molecule has 2 heterocycles. The highest BCUT2D eigenvalue weighted by atomic mass is 16.2. The Kier molecular flexibility index (Phi) is 5.21. The molecule has 2 aromatic carbocycles. The second-order valence-corrected chi connectivity index (χ2v) is 7.54. The van der Waals surface area contributed by atoms with Gasteiger partial charge in [-0.25, -0.2) is 4.79 Å². The molecule has 1 fully saturated rings. The van der Waals surface area contributed by atoms with Gasteiger partial charge in [-0.05, 0) is 61.1 Å². The zero-order chi connectivity index (χ0) is 18.6. The summed E-state index contributed by atoms with van der Waals surface area (Å²) < 4.78 is 0. The van der Waals surface area contributed by atoms with Crippen LogP contribution in [-0.4, -0.2) is 36.3 Å². The molecule has 1 atom stereocenters. The molecule has 0 bridgehead atoms. The van der Waals surface area contributed by atoms with Crippen molar-refractivity contribution in [1.82, 2.24) is 10.2 Å². The van der Waals surface area contributed by atoms with Gasteiger partial charge in [-0.1, -0.05) is 30.3 Å². The van der Waals surface area contributed by atoms with Crippen molar-refractivity contribution < 1.29 is 9.59 Å². The van der Waals surface area contributed by atoms with Gasteiger partial charge in [0.1, 0.15) is 0 Å². The molecule has 2 aromatic rings. The number of hydrogen-bond donors (Lipinski definition) is 2. The van der Waals surface area contributed by atoms with Gasteiger partial charge in [0.05, 0.1) is 6.54 Å². The molecule has 2 amide bonds. The first-order chi connectivity index (χ1) is 13.2. The second-order valence-electron chi connectivity index (χ2n) is 7.54. The van der Waals surface area contributed by atoms with Crippen molar-refractivity contribution in [3.8, 4) is 0 Å². The fraction of sp³-hybridized carbons (Fsp3) is 0.364. The summed E-state index contributed by atoms with van der Waals surface area (Å²) in [6, 6.07) is 15.9. The number of carbonyl (C=O) groups is 2. The number of ketones is 1. The molecule has 5 heteroatoms. The van der Waals surface area contributed by atoms with Crippen LogP contribution in [0.4, 0.5) is 10.5 Å². The van der Waals surface area contributed by atoms with Gasteiger partial charge in [-0.2, -0.15) is 0 Å². The highest BCUT2D eigenvalue weighted by molar-refractivity contribution is 5.99. The Morgan fingerprint density at radius 2 is 2.00 bits per heavy atom. The maximum atomic E-state index is 12.8. The van der Waals surface area contributed by atoms with E-state index in [0.29, 0.717) is 19.0 Å². The second kappa shape index (κ2) is 7.92. The van der Waals surface area contributed by atoms with E-state index in [0.717, 1.165) is 42.7 Å². The van der Waals surface area contributed by atoms with Crippen molar-refractivity contribution in [2.45, 2.75) is 25.8 Å². The molecule has 0 aromatic heterocycles. The van der Waals surface area contributed by atoms with Crippen LogP contribution in [0.5, 0.6) is 0 Å². The molecule has 0 radical (unpaired) electrons. The van der Waals surface area contributed by atoms with Crippen LogP contribution in [-0.2, 0) is 13.0 Å². The summed E-state index contributed by atoms with van der Waals surface area (Å²) in [5.74, 6) is 0.756. The van der Waals surface area contributed by atoms with E-state index in [4.69, 9.17) is 0 Å². The Bertz CT molecular complexity index is 835. The standard InChI is InChI=1S/C22H25N3O2/c26-21(18-8-9-20-19(12-18)13-23-22(27)24-20)15-25-10-4-7-17(14-25)11-16-5-2-1-3-6-16/h1-3,5-6,8-9,12,17H,4,7,10-11,13-15H2,(H2,23,24,27). The predicted octanol–water partition coefficient (Wildman–Crippen LogP) is 3.46. The molecule has 0 saturated carbocycles. The van der Waals surface area contributed by atoms with Crippen molar-refractivity contribution in [1.29, 1.82) is 0 Å². The van der Waals surface area contributed by atoms with Crippen LogP contribution in [0.3, 0.4) is 0 Å². The average molecular weight is 363 g/mol. The number of nitrogens with one attached hydrogen (secondary N) is 2. The fourth-order valence-corrected chi connectivity index (χ4v) is 4.08. The number of urea groups is 1. The van der Waals surface area contributed by atoms with Gasteiger partial charge < -0.3 is 10.6 Å². The van der Waals surface area contributed by atoms with E-state index in [1.807, 2.05) is 18.2 Å². The lowest BCUT2D eigenvalue weighted by molar-refractivity contribution is 0.0886. The lowest BCUT2D eigenvalue weighted by atomic mass is 9.91. The molecule has 2 aliphatic heterocycles. The van der Waals surface area contributed by atoms with Crippen molar-refractivity contribution >= 4 is 17.5 Å². The lowest BCUT2D eigenvalue weighted by Gasteiger charge is -2.32. The Morgan fingerprint density at radius 1 is 1.15 bits per heavy atom. The number of anilines is 1. The number of hydrogen-bond acceptors (Lipinski definition) is 3. The smallest absolute Gasteiger partial charge is 0.319 e. The summed E-state index contributed by atoms with van der Waals surface area (Å²) in [6.07, 6.45) is 3.45. The predicted molar refractivity (Wildman–Crippen MR) is 106 cm³/mol. The highest BCUT2D eigenvalue weighted by Gasteiger charge is 2.23. The largest absolute Gasteiger partial charge is 0.334 e. The summed E-state index contributed by atoms with van der Waals surface area (Å²) >= 11 is 0. The van der Waals surface area contributed by atoms with Gasteiger partial charge >= 0.3 is 6.03 Å². The van der Waals surface area contributed by atoms with Gasteiger partial charge in [-0.15, -0.1) is 0 Å². The third-order valence-electron chi connectivity index (χ3n) is 5.45. The molecule has 140 valence electrons. The Morgan fingerprint density at radius 3 is 2.85 bits per heavy atom. The van der Waals surface area contributed by atoms with Crippen LogP contribution in [0.1, 0.15) is 34.3 Å². The number of Topliss-reactive ketones (excluding diaryl/α,β-unsaturated/α-hetero) is 1. The SMILES string of the molecule is O=C1NCc2cc(C(=O)CN3CCCC(Cc4ccccc4)C3)ccc2N1. The molecule has 27 heavy (non-hydrogen) atoms. The Labute approximate surface area is 159 Å². The van der Waals surface area contributed by atoms with Crippen molar-refractivity contribution in [2.75, 3.05) is 25.0 Å². The fourth-order valence-electron chi connectivity index (χ4n) is 4.08. The number of benzene rings is 2. The topological polar surface area (TPSA) is 61.4 Å². The molecule has 2 N–H and O–H groups in total. The highest BCUT2D eigenvalue weighted by Crippen LogP contribution is 2.23. The Hall–Kier alpha value is -2.66. The Balaban J connectivity index is 1.37. The summed E-state index contributed by atoms with van der Waals surface area (Å²) in [5, 5.41) is 5.51. The first-order valence-electron chi connectivity index (χ1n) is 9.64. The van der Waals surface area contributed by atoms with E-state index >= 15 is 0 Å². The number of carbonyl (C=O) groups excluding carboxylic acids is 2. The van der Waals surface area contributed by atoms with Crippen molar-refractivity contribution in [2.24, 2.45) is 5.92 Å². The minimum absolute atomic E-state index is 0.148. The van der Waals surface area contributed by atoms with Gasteiger partial charge in [0, 0.05) is 24.3 Å². The number of nitrogens with zero attached hydrogens (tertiary/aromatic N) is 1. The summed E-state index contributed by atoms with van der Waals surface area (Å²) in [5.41, 5.74) is 3.84. The van der Waals surface area contributed by atoms with Gasteiger partial charge in [-0.3, -0.25) is 9.69 Å². The first kappa shape index (κ1) is 17.7. The lowest BCUT2D eigenvalue weighted by Crippen LogP contribution is -2.39. The van der Waals surface area contributed by atoms with E-state index in [1.165, 1.54) is 12.0 Å². The van der Waals surface area contributed by atoms with Gasteiger partial charge in [0.25, 0.3) is 0 Å². The van der Waals surface area contributed by atoms with E-state index in [9.17, 15) is 9.59 Å². The molecule has 0 spiro atoms. The zero-order valence-electron chi connectivity index (χ0n) is 15.4. The maximum absolute atomic E-state index is 12.8. The third-order valence-corrected chi connectivity index (χ3v) is 5.45. The van der Waals surface area contributed by atoms with Crippen LogP contribution < -0.4 is 10.6 Å². The van der Waals surface area contributed by atoms with Gasteiger partial charge in [0.15, 0.2) is 5.78 Å². The van der Waals surface area contributed by atoms with Crippen LogP contribution in [0.2, 0.25) is 0 Å². The number of rotatable bonds is 5. The monoisotopic (exact) mass is 363 g/mol. The minimum Gasteiger partial charge on any atom is -0.334 e. The summed E-state index contributed by atoms with van der Waals surface area (Å²) in [7, 11) is 0. The van der Waals surface area contributed by atoms with Crippen LogP contribution >= 0.6 is 0 Å². The van der Waals surface area contributed by atoms with E-state index in [1.54, 1.807) is 0 Å². The molecular weight excluding hydrogens is 338 g/mol. The van der Waals surface area contributed by atoms with Crippen molar-refractivity contribution in [3.05, 3.63) is 65.2 Å². The molecule has 2 aliphatic rings. The number of likely N-dealkylation sites (tertiary alicyclic amines) is 1. The summed E-state index contributed by atoms with van der Waals surface area (Å²) in [4.78, 5) is 26.4. The van der Waals surface area contributed by atoms with E-state index in [-0.39, 0.29) is 11.8 Å². The maximum Gasteiger partial charge on any atom is 0.319 e. The molecule has 5 nitrogen and oxygen atoms in total. The molecule has 1 saturated heterocycles. The quantitative estimate of drug-likeness (QED) is 0.800. The normalized spacial score (nSPS) is 19.7. The van der Waals surface area contributed by atoms with Gasteiger partial charge in [0.2, 0.25) is 0 Å². The van der Waals surface area contributed by atoms with Crippen LogP contribution in [0.25, 0.3) is 0 Å². The zero-order valence-corrected chi connectivity index (χ0v) is 15.4. The third kappa shape index (κ3) is 4.37. The van der Waals surface area contributed by atoms with Crippen molar-refractivity contribution in [3.63, 3.8) is 0 Å². The number of fused-ring (bicyclic) bond motifs is 1. The van der Waals surface area contributed by atoms with Crippen LogP contribution in [0, 0.1) is 5.92 Å². The number of amides is 2. The molecule has 1 unspecified atom stereocenters.